The lowest BCUT2D eigenvalue weighted by atomic mass is 10.1. The Morgan fingerprint density at radius 3 is 2.60 bits per heavy atom. The first-order valence-electron chi connectivity index (χ1n) is 8.42. The molecule has 1 fully saturated rings. The zero-order valence-electron chi connectivity index (χ0n) is 15.1. The van der Waals surface area contributed by atoms with Gasteiger partial charge in [-0.05, 0) is 43.7 Å². The minimum absolute atomic E-state index is 0.140. The molecule has 140 valence electrons. The van der Waals surface area contributed by atoms with Gasteiger partial charge in [-0.15, -0.1) is 0 Å². The largest absolute Gasteiger partial charge is 0.379 e. The van der Waals surface area contributed by atoms with Crippen molar-refractivity contribution in [1.82, 2.24) is 10.2 Å². The molecule has 1 aliphatic heterocycles. The molecule has 1 amide bonds. The van der Waals surface area contributed by atoms with Crippen molar-refractivity contribution in [3.8, 4) is 0 Å². The summed E-state index contributed by atoms with van der Waals surface area (Å²) in [5.41, 5.74) is 1.86. The van der Waals surface area contributed by atoms with E-state index < -0.39 is 10.0 Å². The van der Waals surface area contributed by atoms with E-state index in [4.69, 9.17) is 4.74 Å². The first-order valence-corrected chi connectivity index (χ1v) is 10.3. The molecular weight excluding hydrogens is 342 g/mol. The second kappa shape index (κ2) is 8.64. The molecule has 1 aromatic carbocycles. The summed E-state index contributed by atoms with van der Waals surface area (Å²) in [5, 5.41) is 2.92. The summed E-state index contributed by atoms with van der Waals surface area (Å²) in [6, 6.07) is 5.04. The van der Waals surface area contributed by atoms with Gasteiger partial charge in [-0.3, -0.25) is 14.0 Å². The molecule has 0 spiro atoms. The first kappa shape index (κ1) is 19.7. The lowest BCUT2D eigenvalue weighted by Crippen LogP contribution is -2.38. The van der Waals surface area contributed by atoms with Gasteiger partial charge >= 0.3 is 0 Å². The van der Waals surface area contributed by atoms with E-state index >= 15 is 0 Å². The van der Waals surface area contributed by atoms with Crippen molar-refractivity contribution in [3.05, 3.63) is 29.3 Å². The van der Waals surface area contributed by atoms with Crippen molar-refractivity contribution in [3.63, 3.8) is 0 Å². The normalized spacial score (nSPS) is 15.8. The molecule has 1 N–H and O–H groups in total. The van der Waals surface area contributed by atoms with Gasteiger partial charge < -0.3 is 10.1 Å². The van der Waals surface area contributed by atoms with E-state index in [1.54, 1.807) is 25.1 Å². The molecular formula is C17H27N3O4S. The number of morpholine rings is 1. The van der Waals surface area contributed by atoms with Crippen LogP contribution in [-0.4, -0.2) is 71.9 Å². The van der Waals surface area contributed by atoms with Crippen LogP contribution in [0.15, 0.2) is 18.2 Å². The first-order chi connectivity index (χ1) is 11.8. The number of anilines is 1. The summed E-state index contributed by atoms with van der Waals surface area (Å²) in [6.07, 6.45) is 2.04. The van der Waals surface area contributed by atoms with E-state index in [9.17, 15) is 13.2 Å². The number of sulfonamides is 1. The Kier molecular flexibility index (Phi) is 6.80. The van der Waals surface area contributed by atoms with Crippen LogP contribution in [-0.2, 0) is 14.8 Å². The average Bonchev–Trinajstić information content (AvgIpc) is 2.58. The highest BCUT2D eigenvalue weighted by molar-refractivity contribution is 7.92. The number of rotatable bonds is 7. The van der Waals surface area contributed by atoms with Crippen LogP contribution in [0.2, 0.25) is 0 Å². The number of aryl methyl sites for hydroxylation is 1. The second-order valence-electron chi connectivity index (χ2n) is 6.30. The Morgan fingerprint density at radius 1 is 1.32 bits per heavy atom. The number of hydrogen-bond acceptors (Lipinski definition) is 5. The molecule has 7 nitrogen and oxygen atoms in total. The number of hydrogen-bond donors (Lipinski definition) is 1. The number of amides is 1. The second-order valence-corrected chi connectivity index (χ2v) is 8.31. The van der Waals surface area contributed by atoms with Gasteiger partial charge in [0.25, 0.3) is 5.91 Å². The number of nitrogens with zero attached hydrogens (tertiary/aromatic N) is 2. The summed E-state index contributed by atoms with van der Waals surface area (Å²) in [5.74, 6) is -0.140. The highest BCUT2D eigenvalue weighted by Gasteiger charge is 2.16. The SMILES string of the molecule is Cc1cc(C(=O)NCCCN2CCOCC2)ccc1N(C)S(C)(=O)=O. The smallest absolute Gasteiger partial charge is 0.251 e. The van der Waals surface area contributed by atoms with Crippen LogP contribution in [0.5, 0.6) is 0 Å². The summed E-state index contributed by atoms with van der Waals surface area (Å²) >= 11 is 0. The van der Waals surface area contributed by atoms with Crippen molar-refractivity contribution in [2.45, 2.75) is 13.3 Å². The molecule has 25 heavy (non-hydrogen) atoms. The third-order valence-electron chi connectivity index (χ3n) is 4.34. The Balaban J connectivity index is 1.86. The van der Waals surface area contributed by atoms with Crippen molar-refractivity contribution in [2.24, 2.45) is 0 Å². The quantitative estimate of drug-likeness (QED) is 0.721. The molecule has 0 aliphatic carbocycles. The predicted molar refractivity (Wildman–Crippen MR) is 98.6 cm³/mol. The van der Waals surface area contributed by atoms with Gasteiger partial charge in [-0.2, -0.15) is 0 Å². The fourth-order valence-corrected chi connectivity index (χ4v) is 3.32. The molecule has 0 saturated carbocycles. The van der Waals surface area contributed by atoms with E-state index in [1.165, 1.54) is 11.4 Å². The number of ether oxygens (including phenoxy) is 1. The molecule has 0 atom stereocenters. The van der Waals surface area contributed by atoms with E-state index in [1.807, 2.05) is 0 Å². The van der Waals surface area contributed by atoms with Crippen LogP contribution in [0.4, 0.5) is 5.69 Å². The molecule has 8 heteroatoms. The van der Waals surface area contributed by atoms with Crippen molar-refractivity contribution in [2.75, 3.05) is 57.0 Å². The highest BCUT2D eigenvalue weighted by atomic mass is 32.2. The number of carbonyl (C=O) groups excluding carboxylic acids is 1. The van der Waals surface area contributed by atoms with Gasteiger partial charge in [0.2, 0.25) is 10.0 Å². The topological polar surface area (TPSA) is 79.0 Å². The van der Waals surface area contributed by atoms with E-state index in [0.29, 0.717) is 17.8 Å². The van der Waals surface area contributed by atoms with Crippen LogP contribution >= 0.6 is 0 Å². The Labute approximate surface area is 150 Å². The fourth-order valence-electron chi connectivity index (χ4n) is 2.76. The molecule has 0 unspecified atom stereocenters. The average molecular weight is 369 g/mol. The summed E-state index contributed by atoms with van der Waals surface area (Å²) in [7, 11) is -1.82. The van der Waals surface area contributed by atoms with Gasteiger partial charge in [0.05, 0.1) is 25.2 Å². The molecule has 1 aromatic rings. The third-order valence-corrected chi connectivity index (χ3v) is 5.53. The van der Waals surface area contributed by atoms with Gasteiger partial charge in [0, 0.05) is 32.2 Å². The lowest BCUT2D eigenvalue weighted by molar-refractivity contribution is 0.0374. The zero-order chi connectivity index (χ0) is 18.4. The predicted octanol–water partition coefficient (Wildman–Crippen LogP) is 0.843. The zero-order valence-corrected chi connectivity index (χ0v) is 15.9. The van der Waals surface area contributed by atoms with Crippen LogP contribution in [0.1, 0.15) is 22.3 Å². The monoisotopic (exact) mass is 369 g/mol. The molecule has 0 radical (unpaired) electrons. The molecule has 1 heterocycles. The standard InChI is InChI=1S/C17H27N3O4S/c1-14-13-15(5-6-16(14)19(2)25(3,22)23)17(21)18-7-4-8-20-9-11-24-12-10-20/h5-6,13H,4,7-12H2,1-3H3,(H,18,21). The molecule has 0 aromatic heterocycles. The van der Waals surface area contributed by atoms with Crippen LogP contribution in [0.3, 0.4) is 0 Å². The molecule has 1 saturated heterocycles. The van der Waals surface area contributed by atoms with Crippen molar-refractivity contribution >= 4 is 21.6 Å². The summed E-state index contributed by atoms with van der Waals surface area (Å²) in [4.78, 5) is 14.6. The Morgan fingerprint density at radius 2 is 2.00 bits per heavy atom. The van der Waals surface area contributed by atoms with Gasteiger partial charge in [-0.1, -0.05) is 0 Å². The van der Waals surface area contributed by atoms with Gasteiger partial charge in [-0.25, -0.2) is 8.42 Å². The summed E-state index contributed by atoms with van der Waals surface area (Å²) < 4.78 is 29.8. The van der Waals surface area contributed by atoms with Crippen LogP contribution in [0.25, 0.3) is 0 Å². The third kappa shape index (κ3) is 5.69. The van der Waals surface area contributed by atoms with E-state index in [0.717, 1.165) is 51.1 Å². The highest BCUT2D eigenvalue weighted by Crippen LogP contribution is 2.22. The Hall–Kier alpha value is -1.64. The Bertz CT molecular complexity index is 700. The lowest BCUT2D eigenvalue weighted by Gasteiger charge is -2.26. The summed E-state index contributed by atoms with van der Waals surface area (Å²) in [6.45, 7) is 6.80. The minimum Gasteiger partial charge on any atom is -0.379 e. The number of carbonyl (C=O) groups is 1. The molecule has 2 rings (SSSR count). The van der Waals surface area contributed by atoms with E-state index in [2.05, 4.69) is 10.2 Å². The van der Waals surface area contributed by atoms with Gasteiger partial charge in [0.1, 0.15) is 0 Å². The van der Waals surface area contributed by atoms with Crippen molar-refractivity contribution < 1.29 is 17.9 Å². The molecule has 1 aliphatic rings. The van der Waals surface area contributed by atoms with Crippen LogP contribution in [0, 0.1) is 6.92 Å². The van der Waals surface area contributed by atoms with Crippen LogP contribution < -0.4 is 9.62 Å². The van der Waals surface area contributed by atoms with Crippen molar-refractivity contribution in [1.29, 1.82) is 0 Å². The fraction of sp³-hybridized carbons (Fsp3) is 0.588. The molecule has 0 bridgehead atoms. The number of benzene rings is 1. The minimum atomic E-state index is -3.32. The van der Waals surface area contributed by atoms with Gasteiger partial charge in [0.15, 0.2) is 0 Å². The van der Waals surface area contributed by atoms with E-state index in [-0.39, 0.29) is 5.91 Å². The maximum atomic E-state index is 12.2. The number of nitrogens with one attached hydrogen (secondary N) is 1. The maximum absolute atomic E-state index is 12.2. The maximum Gasteiger partial charge on any atom is 0.251 e.